The molecule has 1 amide bonds. The van der Waals surface area contributed by atoms with Crippen LogP contribution in [0.4, 0.5) is 0 Å². The van der Waals surface area contributed by atoms with E-state index in [0.717, 1.165) is 6.42 Å². The van der Waals surface area contributed by atoms with E-state index in [1.54, 1.807) is 13.8 Å². The number of allylic oxidation sites excluding steroid dienone is 1. The monoisotopic (exact) mass is 169 g/mol. The first-order valence-corrected chi connectivity index (χ1v) is 4.01. The highest BCUT2D eigenvalue weighted by Crippen LogP contribution is 2.07. The van der Waals surface area contributed by atoms with Crippen molar-refractivity contribution in [3.8, 4) is 0 Å². The molecule has 0 aliphatic rings. The zero-order valence-corrected chi connectivity index (χ0v) is 7.81. The third-order valence-corrected chi connectivity index (χ3v) is 1.50. The topological polar surface area (TPSA) is 60.2 Å². The lowest BCUT2D eigenvalue weighted by Gasteiger charge is -2.02. The Labute approximate surface area is 72.6 Å². The standard InChI is InChI=1S/C9H15NO2/c1-4-5-7(11)8(6(2)3)9(10)12/h4-5H2,1-3H3,(H2,10,12). The summed E-state index contributed by atoms with van der Waals surface area (Å²) in [5.41, 5.74) is 5.91. The van der Waals surface area contributed by atoms with Crippen molar-refractivity contribution in [1.82, 2.24) is 0 Å². The first kappa shape index (κ1) is 10.9. The number of ketones is 1. The van der Waals surface area contributed by atoms with E-state index >= 15 is 0 Å². The Morgan fingerprint density at radius 3 is 2.00 bits per heavy atom. The molecule has 0 saturated heterocycles. The zero-order chi connectivity index (χ0) is 9.72. The van der Waals surface area contributed by atoms with Crippen LogP contribution in [0.25, 0.3) is 0 Å². The van der Waals surface area contributed by atoms with E-state index in [1.165, 1.54) is 0 Å². The lowest BCUT2D eigenvalue weighted by atomic mass is 10.0. The molecule has 0 aliphatic heterocycles. The second-order valence-electron chi connectivity index (χ2n) is 2.91. The number of primary amides is 1. The predicted molar refractivity (Wildman–Crippen MR) is 47.5 cm³/mol. The van der Waals surface area contributed by atoms with Gasteiger partial charge in [-0.05, 0) is 20.3 Å². The summed E-state index contributed by atoms with van der Waals surface area (Å²) in [6, 6.07) is 0. The molecule has 0 fully saturated rings. The van der Waals surface area contributed by atoms with Crippen molar-refractivity contribution in [2.75, 3.05) is 0 Å². The van der Waals surface area contributed by atoms with E-state index < -0.39 is 5.91 Å². The highest BCUT2D eigenvalue weighted by molar-refractivity contribution is 6.19. The van der Waals surface area contributed by atoms with Crippen LogP contribution in [0.3, 0.4) is 0 Å². The van der Waals surface area contributed by atoms with E-state index in [2.05, 4.69) is 0 Å². The lowest BCUT2D eigenvalue weighted by molar-refractivity contribution is -0.121. The van der Waals surface area contributed by atoms with E-state index in [0.29, 0.717) is 12.0 Å². The molecule has 0 atom stereocenters. The van der Waals surface area contributed by atoms with Gasteiger partial charge in [0.25, 0.3) is 5.91 Å². The number of carbonyl (C=O) groups is 2. The molecule has 0 aliphatic carbocycles. The van der Waals surface area contributed by atoms with Crippen LogP contribution in [0.15, 0.2) is 11.1 Å². The average molecular weight is 169 g/mol. The first-order valence-electron chi connectivity index (χ1n) is 4.01. The van der Waals surface area contributed by atoms with Crippen molar-refractivity contribution in [3.05, 3.63) is 11.1 Å². The summed E-state index contributed by atoms with van der Waals surface area (Å²) >= 11 is 0. The van der Waals surface area contributed by atoms with Gasteiger partial charge in [0, 0.05) is 6.42 Å². The molecule has 2 N–H and O–H groups in total. The van der Waals surface area contributed by atoms with E-state index in [4.69, 9.17) is 5.73 Å². The van der Waals surface area contributed by atoms with Crippen molar-refractivity contribution in [1.29, 1.82) is 0 Å². The number of amides is 1. The highest BCUT2D eigenvalue weighted by Gasteiger charge is 2.15. The van der Waals surface area contributed by atoms with E-state index in [-0.39, 0.29) is 11.4 Å². The normalized spacial score (nSPS) is 9.25. The minimum atomic E-state index is -0.617. The Hall–Kier alpha value is -1.12. The Morgan fingerprint density at radius 1 is 1.25 bits per heavy atom. The number of Topliss-reactive ketones (excluding diaryl/α,β-unsaturated/α-hetero) is 1. The first-order chi connectivity index (χ1) is 5.50. The van der Waals surface area contributed by atoms with Gasteiger partial charge in [-0.15, -0.1) is 0 Å². The van der Waals surface area contributed by atoms with Crippen molar-refractivity contribution in [3.63, 3.8) is 0 Å². The Bertz CT molecular complexity index is 225. The molecular formula is C9H15NO2. The smallest absolute Gasteiger partial charge is 0.252 e. The summed E-state index contributed by atoms with van der Waals surface area (Å²) in [5.74, 6) is -0.765. The molecular weight excluding hydrogens is 154 g/mol. The van der Waals surface area contributed by atoms with Crippen LogP contribution in [0, 0.1) is 0 Å². The molecule has 0 heterocycles. The molecule has 12 heavy (non-hydrogen) atoms. The van der Waals surface area contributed by atoms with Crippen LogP contribution < -0.4 is 5.73 Å². The maximum Gasteiger partial charge on any atom is 0.252 e. The Morgan fingerprint density at radius 2 is 1.75 bits per heavy atom. The van der Waals surface area contributed by atoms with Crippen molar-refractivity contribution in [2.24, 2.45) is 5.73 Å². The number of hydrogen-bond acceptors (Lipinski definition) is 2. The van der Waals surface area contributed by atoms with Gasteiger partial charge in [-0.25, -0.2) is 0 Å². The van der Waals surface area contributed by atoms with Crippen LogP contribution >= 0.6 is 0 Å². The summed E-state index contributed by atoms with van der Waals surface area (Å²) in [6.07, 6.45) is 1.13. The molecule has 0 aromatic rings. The molecule has 0 aromatic heterocycles. The predicted octanol–water partition coefficient (Wildman–Crippen LogP) is 1.18. The van der Waals surface area contributed by atoms with Crippen molar-refractivity contribution >= 4 is 11.7 Å². The second-order valence-corrected chi connectivity index (χ2v) is 2.91. The SMILES string of the molecule is CCCC(=O)C(C(N)=O)=C(C)C. The van der Waals surface area contributed by atoms with Gasteiger partial charge in [0.1, 0.15) is 0 Å². The van der Waals surface area contributed by atoms with Gasteiger partial charge in [0.2, 0.25) is 0 Å². The molecule has 0 radical (unpaired) electrons. The number of rotatable bonds is 4. The van der Waals surface area contributed by atoms with Gasteiger partial charge in [-0.1, -0.05) is 12.5 Å². The van der Waals surface area contributed by atoms with Gasteiger partial charge in [0.15, 0.2) is 5.78 Å². The third kappa shape index (κ3) is 2.86. The lowest BCUT2D eigenvalue weighted by Crippen LogP contribution is -2.21. The minimum Gasteiger partial charge on any atom is -0.365 e. The van der Waals surface area contributed by atoms with Crippen LogP contribution in [0.2, 0.25) is 0 Å². The molecule has 0 saturated carbocycles. The fraction of sp³-hybridized carbons (Fsp3) is 0.556. The Kier molecular flexibility index (Phi) is 4.26. The van der Waals surface area contributed by atoms with Gasteiger partial charge < -0.3 is 5.73 Å². The average Bonchev–Trinajstić information content (AvgIpc) is 1.85. The maximum atomic E-state index is 11.3. The van der Waals surface area contributed by atoms with E-state index in [1.807, 2.05) is 6.92 Å². The van der Waals surface area contributed by atoms with Crippen molar-refractivity contribution < 1.29 is 9.59 Å². The maximum absolute atomic E-state index is 11.3. The number of carbonyl (C=O) groups excluding carboxylic acids is 2. The van der Waals surface area contributed by atoms with Crippen LogP contribution in [0.5, 0.6) is 0 Å². The van der Waals surface area contributed by atoms with Gasteiger partial charge in [-0.2, -0.15) is 0 Å². The van der Waals surface area contributed by atoms with E-state index in [9.17, 15) is 9.59 Å². The van der Waals surface area contributed by atoms with Gasteiger partial charge >= 0.3 is 0 Å². The fourth-order valence-electron chi connectivity index (χ4n) is 1.01. The van der Waals surface area contributed by atoms with Crippen LogP contribution in [-0.2, 0) is 9.59 Å². The molecule has 3 heteroatoms. The molecule has 0 spiro atoms. The molecule has 0 unspecified atom stereocenters. The summed E-state index contributed by atoms with van der Waals surface area (Å²) in [7, 11) is 0. The molecule has 3 nitrogen and oxygen atoms in total. The van der Waals surface area contributed by atoms with Crippen LogP contribution in [-0.4, -0.2) is 11.7 Å². The van der Waals surface area contributed by atoms with Gasteiger partial charge in [-0.3, -0.25) is 9.59 Å². The Balaban J connectivity index is 4.67. The molecule has 0 rings (SSSR count). The molecule has 0 bridgehead atoms. The highest BCUT2D eigenvalue weighted by atomic mass is 16.2. The van der Waals surface area contributed by atoms with Crippen molar-refractivity contribution in [2.45, 2.75) is 33.6 Å². The minimum absolute atomic E-state index is 0.148. The summed E-state index contributed by atoms with van der Waals surface area (Å²) in [4.78, 5) is 22.1. The van der Waals surface area contributed by atoms with Gasteiger partial charge in [0.05, 0.1) is 5.57 Å². The fourth-order valence-corrected chi connectivity index (χ4v) is 1.01. The summed E-state index contributed by atoms with van der Waals surface area (Å²) in [5, 5.41) is 0. The van der Waals surface area contributed by atoms with Crippen LogP contribution in [0.1, 0.15) is 33.6 Å². The molecule has 68 valence electrons. The third-order valence-electron chi connectivity index (χ3n) is 1.50. The molecule has 0 aromatic carbocycles. The number of nitrogens with two attached hydrogens (primary N) is 1. The zero-order valence-electron chi connectivity index (χ0n) is 7.81. The number of hydrogen-bond donors (Lipinski definition) is 1. The summed E-state index contributed by atoms with van der Waals surface area (Å²) < 4.78 is 0. The summed E-state index contributed by atoms with van der Waals surface area (Å²) in [6.45, 7) is 5.32. The largest absolute Gasteiger partial charge is 0.365 e. The second kappa shape index (κ2) is 4.70. The quantitative estimate of drug-likeness (QED) is 0.390.